The van der Waals surface area contributed by atoms with Gasteiger partial charge in [0.25, 0.3) is 8.32 Å². The topological polar surface area (TPSA) is 77.4 Å². The molecule has 1 aliphatic rings. The van der Waals surface area contributed by atoms with Crippen LogP contribution < -0.4 is 10.4 Å². The van der Waals surface area contributed by atoms with Gasteiger partial charge in [0, 0.05) is 7.11 Å². The Morgan fingerprint density at radius 2 is 1.62 bits per heavy atom. The fraction of sp³-hybridized carbons (Fsp3) is 0.576. The number of benzene rings is 2. The summed E-state index contributed by atoms with van der Waals surface area (Å²) < 4.78 is 24.7. The maximum atomic E-state index is 10.7. The molecule has 1 aliphatic heterocycles. The summed E-state index contributed by atoms with van der Waals surface area (Å²) in [6.07, 6.45) is 4.32. The zero-order valence-electron chi connectivity index (χ0n) is 25.5. The van der Waals surface area contributed by atoms with Gasteiger partial charge in [0.15, 0.2) is 0 Å². The van der Waals surface area contributed by atoms with Crippen molar-refractivity contribution in [1.29, 1.82) is 0 Å². The van der Waals surface area contributed by atoms with E-state index in [1.807, 2.05) is 6.92 Å². The predicted octanol–water partition coefficient (Wildman–Crippen LogP) is 4.96. The van der Waals surface area contributed by atoms with E-state index in [-0.39, 0.29) is 24.5 Å². The summed E-state index contributed by atoms with van der Waals surface area (Å²) in [6.45, 7) is 13.0. The Morgan fingerprint density at radius 3 is 2.12 bits per heavy atom. The maximum Gasteiger partial charge on any atom is 0.261 e. The first-order valence-corrected chi connectivity index (χ1v) is 16.3. The molecule has 0 aliphatic carbocycles. The van der Waals surface area contributed by atoms with Crippen molar-refractivity contribution in [2.75, 3.05) is 27.1 Å². The minimum Gasteiger partial charge on any atom is -0.404 e. The molecule has 1 saturated heterocycles. The summed E-state index contributed by atoms with van der Waals surface area (Å²) >= 11 is 0. The van der Waals surface area contributed by atoms with Gasteiger partial charge in [-0.05, 0) is 61.9 Å². The molecule has 2 aromatic rings. The van der Waals surface area contributed by atoms with Gasteiger partial charge >= 0.3 is 0 Å². The van der Waals surface area contributed by atoms with Crippen LogP contribution in [0.2, 0.25) is 5.04 Å². The average molecular weight is 571 g/mol. The summed E-state index contributed by atoms with van der Waals surface area (Å²) in [5.41, 5.74) is -0.620. The molecule has 2 aromatic carbocycles. The maximum absolute atomic E-state index is 10.7. The molecule has 0 bridgehead atoms. The molecule has 0 saturated carbocycles. The Bertz CT molecular complexity index is 1030. The van der Waals surface area contributed by atoms with Crippen molar-refractivity contribution in [2.24, 2.45) is 0 Å². The lowest BCUT2D eigenvalue weighted by Crippen LogP contribution is -2.66. The number of allylic oxidation sites excluding steroid dienone is 1. The van der Waals surface area contributed by atoms with E-state index in [1.165, 1.54) is 15.9 Å². The first kappa shape index (κ1) is 32.7. The summed E-state index contributed by atoms with van der Waals surface area (Å²) in [5.74, 6) is 0. The van der Waals surface area contributed by atoms with Gasteiger partial charge in [-0.1, -0.05) is 93.1 Å². The highest BCUT2D eigenvalue weighted by Gasteiger charge is 2.50. The second kappa shape index (κ2) is 13.9. The number of aliphatic hydroxyl groups is 2. The third kappa shape index (κ3) is 7.51. The van der Waals surface area contributed by atoms with E-state index in [4.69, 9.17) is 18.6 Å². The number of hydrogen-bond acceptors (Lipinski definition) is 6. The molecule has 6 nitrogen and oxygen atoms in total. The lowest BCUT2D eigenvalue weighted by atomic mass is 9.81. The minimum atomic E-state index is -2.60. The molecule has 222 valence electrons. The average Bonchev–Trinajstić information content (AvgIpc) is 2.94. The number of hydrogen-bond donors (Lipinski definition) is 2. The SMILES string of the molecule is COCO[C@@]1(C)CC[C@@H]([C@](C)(O)CO)OC1CC/C(C)=C/CO[Si](c1ccccc1)(c1ccccc1)C(C)(C)C. The van der Waals surface area contributed by atoms with Crippen molar-refractivity contribution >= 4 is 18.7 Å². The third-order valence-corrected chi connectivity index (χ3v) is 13.4. The smallest absolute Gasteiger partial charge is 0.261 e. The van der Waals surface area contributed by atoms with E-state index in [0.29, 0.717) is 19.4 Å². The molecule has 0 spiro atoms. The Labute approximate surface area is 242 Å². The number of ether oxygens (including phenoxy) is 3. The van der Waals surface area contributed by atoms with Gasteiger partial charge in [-0.25, -0.2) is 0 Å². The number of aliphatic hydroxyl groups excluding tert-OH is 1. The molecule has 1 heterocycles. The Morgan fingerprint density at radius 1 is 1.05 bits per heavy atom. The molecule has 7 heteroatoms. The van der Waals surface area contributed by atoms with E-state index < -0.39 is 25.6 Å². The van der Waals surface area contributed by atoms with E-state index in [2.05, 4.69) is 94.4 Å². The largest absolute Gasteiger partial charge is 0.404 e. The van der Waals surface area contributed by atoms with Crippen LogP contribution in [-0.4, -0.2) is 69.1 Å². The van der Waals surface area contributed by atoms with Gasteiger partial charge in [0.05, 0.1) is 31.0 Å². The first-order valence-electron chi connectivity index (χ1n) is 14.4. The summed E-state index contributed by atoms with van der Waals surface area (Å²) in [7, 11) is -0.987. The standard InChI is InChI=1S/C33H50O6Si/c1-26(18-19-30-33(6,37-25-36-7)22-20-29(39-30)32(5,35)24-34)21-23-38-40(31(2,3)4,27-14-10-8-11-15-27)28-16-12-9-13-17-28/h8-17,21,29-30,34-35H,18-20,22-25H2,1-7H3/b26-21+/t29-,30?,32+,33-/m0/s1. The van der Waals surface area contributed by atoms with Crippen LogP contribution in [0.15, 0.2) is 72.3 Å². The predicted molar refractivity (Wildman–Crippen MR) is 164 cm³/mol. The number of rotatable bonds is 13. The molecule has 0 aromatic heterocycles. The second-order valence-corrected chi connectivity index (χ2v) is 16.9. The Kier molecular flexibility index (Phi) is 11.3. The lowest BCUT2D eigenvalue weighted by molar-refractivity contribution is -0.252. The molecule has 1 fully saturated rings. The molecular weight excluding hydrogens is 520 g/mol. The van der Waals surface area contributed by atoms with E-state index in [9.17, 15) is 10.2 Å². The van der Waals surface area contributed by atoms with Crippen molar-refractivity contribution in [3.05, 3.63) is 72.3 Å². The van der Waals surface area contributed by atoms with Crippen molar-refractivity contribution < 1.29 is 28.8 Å². The van der Waals surface area contributed by atoms with Crippen LogP contribution in [0.5, 0.6) is 0 Å². The molecule has 0 amide bonds. The molecule has 40 heavy (non-hydrogen) atoms. The minimum absolute atomic E-state index is 0.0768. The van der Waals surface area contributed by atoms with Crippen molar-refractivity contribution in [1.82, 2.24) is 0 Å². The second-order valence-electron chi connectivity index (χ2n) is 12.6. The van der Waals surface area contributed by atoms with Crippen LogP contribution in [0.3, 0.4) is 0 Å². The van der Waals surface area contributed by atoms with Crippen LogP contribution in [0.4, 0.5) is 0 Å². The quantitative estimate of drug-likeness (QED) is 0.201. The van der Waals surface area contributed by atoms with Crippen molar-refractivity contribution in [2.45, 2.75) is 95.7 Å². The number of methoxy groups -OCH3 is 1. The summed E-state index contributed by atoms with van der Waals surface area (Å²) in [5, 5.41) is 22.8. The zero-order chi connectivity index (χ0) is 29.4. The van der Waals surface area contributed by atoms with Gasteiger partial charge in [-0.15, -0.1) is 0 Å². The van der Waals surface area contributed by atoms with Gasteiger partial charge < -0.3 is 28.8 Å². The van der Waals surface area contributed by atoms with Gasteiger partial charge in [0.1, 0.15) is 12.4 Å². The van der Waals surface area contributed by atoms with Gasteiger partial charge in [0.2, 0.25) is 0 Å². The van der Waals surface area contributed by atoms with Crippen molar-refractivity contribution in [3.8, 4) is 0 Å². The molecule has 2 N–H and O–H groups in total. The molecule has 1 unspecified atom stereocenters. The molecule has 0 radical (unpaired) electrons. The van der Waals surface area contributed by atoms with Crippen LogP contribution in [0.1, 0.15) is 67.2 Å². The van der Waals surface area contributed by atoms with Crippen LogP contribution in [-0.2, 0) is 18.6 Å². The summed E-state index contributed by atoms with van der Waals surface area (Å²) in [4.78, 5) is 0. The fourth-order valence-electron chi connectivity index (χ4n) is 5.81. The monoisotopic (exact) mass is 570 g/mol. The van der Waals surface area contributed by atoms with E-state index in [1.54, 1.807) is 14.0 Å². The third-order valence-electron chi connectivity index (χ3n) is 8.38. The molecule has 3 rings (SSSR count). The summed E-state index contributed by atoms with van der Waals surface area (Å²) in [6, 6.07) is 21.4. The molecular formula is C33H50O6Si. The van der Waals surface area contributed by atoms with Gasteiger partial charge in [-0.2, -0.15) is 0 Å². The van der Waals surface area contributed by atoms with E-state index in [0.717, 1.165) is 12.8 Å². The Hall–Kier alpha value is -1.84. The van der Waals surface area contributed by atoms with Crippen LogP contribution in [0.25, 0.3) is 0 Å². The fourth-order valence-corrected chi connectivity index (χ4v) is 10.3. The Balaban J connectivity index is 1.78. The van der Waals surface area contributed by atoms with E-state index >= 15 is 0 Å². The highest BCUT2D eigenvalue weighted by atomic mass is 28.4. The molecule has 4 atom stereocenters. The zero-order valence-corrected chi connectivity index (χ0v) is 26.5. The van der Waals surface area contributed by atoms with Crippen LogP contribution >= 0.6 is 0 Å². The first-order chi connectivity index (χ1) is 18.9. The van der Waals surface area contributed by atoms with Gasteiger partial charge in [-0.3, -0.25) is 0 Å². The highest BCUT2D eigenvalue weighted by molar-refractivity contribution is 6.99. The normalized spacial score (nSPS) is 24.1. The van der Waals surface area contributed by atoms with Crippen molar-refractivity contribution in [3.63, 3.8) is 0 Å². The van der Waals surface area contributed by atoms with Crippen LogP contribution in [0, 0.1) is 0 Å². The highest BCUT2D eigenvalue weighted by Crippen LogP contribution is 2.39. The lowest BCUT2D eigenvalue weighted by Gasteiger charge is -2.47.